The second-order valence-corrected chi connectivity index (χ2v) is 4.15. The Balaban J connectivity index is 2.73. The first kappa shape index (κ1) is 14.0. The largest absolute Gasteiger partial charge is 0.390 e. The Labute approximate surface area is 108 Å². The molecule has 0 heterocycles. The summed E-state index contributed by atoms with van der Waals surface area (Å²) in [5, 5.41) is 23.7. The number of alkyl halides is 1. The van der Waals surface area contributed by atoms with E-state index in [0.717, 1.165) is 5.56 Å². The molecule has 0 aliphatic carbocycles. The number of rotatable bonds is 6. The topological polar surface area (TPSA) is 89.2 Å². The van der Waals surface area contributed by atoms with Gasteiger partial charge in [-0.3, -0.25) is 0 Å². The summed E-state index contributed by atoms with van der Waals surface area (Å²) in [5.41, 5.74) is 9.75. The van der Waals surface area contributed by atoms with Crippen LogP contribution < -0.4 is 0 Å². The summed E-state index contributed by atoms with van der Waals surface area (Å²) in [4.78, 5) is 2.60. The van der Waals surface area contributed by atoms with E-state index in [1.165, 1.54) is 0 Å². The maximum atomic E-state index is 9.99. The van der Waals surface area contributed by atoms with Crippen molar-refractivity contribution in [3.8, 4) is 0 Å². The van der Waals surface area contributed by atoms with Crippen molar-refractivity contribution in [3.63, 3.8) is 0 Å². The number of hydrogen-bond acceptors (Lipinski definition) is 3. The number of benzene rings is 1. The van der Waals surface area contributed by atoms with E-state index < -0.39 is 12.2 Å². The number of nitrogens with zero attached hydrogens (tertiary/aromatic N) is 3. The fourth-order valence-corrected chi connectivity index (χ4v) is 2.05. The molecular formula is C11H14BrN3O2. The van der Waals surface area contributed by atoms with Crippen molar-refractivity contribution in [2.45, 2.75) is 24.0 Å². The van der Waals surface area contributed by atoms with Gasteiger partial charge in [-0.1, -0.05) is 45.3 Å². The molecule has 2 unspecified atom stereocenters. The van der Waals surface area contributed by atoms with Gasteiger partial charge in [-0.25, -0.2) is 0 Å². The van der Waals surface area contributed by atoms with Crippen LogP contribution in [0.5, 0.6) is 0 Å². The molecule has 0 amide bonds. The number of azide groups is 1. The molecule has 0 aromatic heterocycles. The molecule has 0 saturated carbocycles. The van der Waals surface area contributed by atoms with Crippen molar-refractivity contribution in [1.29, 1.82) is 0 Å². The van der Waals surface area contributed by atoms with Gasteiger partial charge in [0.05, 0.1) is 6.10 Å². The molecule has 2 N–H and O–H groups in total. The van der Waals surface area contributed by atoms with Gasteiger partial charge in [0.15, 0.2) is 0 Å². The maximum Gasteiger partial charge on any atom is 0.105 e. The summed E-state index contributed by atoms with van der Waals surface area (Å²) in [6.07, 6.45) is -1.65. The Morgan fingerprint density at radius 1 is 1.35 bits per heavy atom. The van der Waals surface area contributed by atoms with Crippen molar-refractivity contribution in [2.24, 2.45) is 5.11 Å². The lowest BCUT2D eigenvalue weighted by Gasteiger charge is -2.19. The van der Waals surface area contributed by atoms with Crippen molar-refractivity contribution in [3.05, 3.63) is 45.8 Å². The molecule has 17 heavy (non-hydrogen) atoms. The summed E-state index contributed by atoms with van der Waals surface area (Å²) >= 11 is 3.33. The first-order valence-corrected chi connectivity index (χ1v) is 6.33. The number of aliphatic hydroxyl groups is 2. The lowest BCUT2D eigenvalue weighted by Crippen LogP contribution is -2.20. The molecule has 0 radical (unpaired) electrons. The van der Waals surface area contributed by atoms with Gasteiger partial charge in [0, 0.05) is 16.8 Å². The zero-order chi connectivity index (χ0) is 12.7. The first-order chi connectivity index (χ1) is 8.20. The SMILES string of the molecule is [N-]=[N+]=NCCC(O)C(O)c1ccccc1CBr. The van der Waals surface area contributed by atoms with E-state index in [9.17, 15) is 10.2 Å². The van der Waals surface area contributed by atoms with E-state index >= 15 is 0 Å². The molecule has 0 aliphatic heterocycles. The monoisotopic (exact) mass is 299 g/mol. The van der Waals surface area contributed by atoms with E-state index in [2.05, 4.69) is 26.0 Å². The minimum Gasteiger partial charge on any atom is -0.390 e. The van der Waals surface area contributed by atoms with Crippen LogP contribution in [0.4, 0.5) is 0 Å². The predicted molar refractivity (Wildman–Crippen MR) is 68.7 cm³/mol. The summed E-state index contributed by atoms with van der Waals surface area (Å²) in [6.45, 7) is 0.172. The first-order valence-electron chi connectivity index (χ1n) is 5.21. The molecule has 0 aliphatic rings. The minimum atomic E-state index is -0.961. The van der Waals surface area contributed by atoms with Crippen LogP contribution in [0.2, 0.25) is 0 Å². The van der Waals surface area contributed by atoms with Crippen molar-refractivity contribution in [1.82, 2.24) is 0 Å². The smallest absolute Gasteiger partial charge is 0.105 e. The van der Waals surface area contributed by atoms with E-state index in [4.69, 9.17) is 5.53 Å². The second-order valence-electron chi connectivity index (χ2n) is 3.59. The van der Waals surface area contributed by atoms with Gasteiger partial charge < -0.3 is 10.2 Å². The van der Waals surface area contributed by atoms with Crippen molar-refractivity contribution in [2.75, 3.05) is 6.54 Å². The molecule has 0 saturated heterocycles. The van der Waals surface area contributed by atoms with Crippen LogP contribution in [0.1, 0.15) is 23.7 Å². The van der Waals surface area contributed by atoms with Crippen LogP contribution in [0, 0.1) is 0 Å². The highest BCUT2D eigenvalue weighted by molar-refractivity contribution is 9.08. The van der Waals surface area contributed by atoms with Gasteiger partial charge in [0.1, 0.15) is 6.10 Å². The summed E-state index contributed by atoms with van der Waals surface area (Å²) < 4.78 is 0. The molecule has 1 aromatic rings. The van der Waals surface area contributed by atoms with Gasteiger partial charge in [0.25, 0.3) is 0 Å². The van der Waals surface area contributed by atoms with Gasteiger partial charge in [-0.15, -0.1) is 0 Å². The van der Waals surface area contributed by atoms with Crippen LogP contribution in [0.3, 0.4) is 0 Å². The number of hydrogen-bond donors (Lipinski definition) is 2. The van der Waals surface area contributed by atoms with E-state index in [-0.39, 0.29) is 13.0 Å². The zero-order valence-electron chi connectivity index (χ0n) is 9.20. The van der Waals surface area contributed by atoms with Crippen LogP contribution >= 0.6 is 15.9 Å². The molecule has 0 spiro atoms. The predicted octanol–water partition coefficient (Wildman–Crippen LogP) is 2.68. The molecule has 92 valence electrons. The Morgan fingerprint density at radius 3 is 2.71 bits per heavy atom. The van der Waals surface area contributed by atoms with Crippen molar-refractivity contribution >= 4 is 15.9 Å². The van der Waals surface area contributed by atoms with Crippen LogP contribution in [-0.2, 0) is 5.33 Å². The van der Waals surface area contributed by atoms with Crippen molar-refractivity contribution < 1.29 is 10.2 Å². The minimum absolute atomic E-state index is 0.172. The molecule has 1 rings (SSSR count). The molecule has 1 aromatic carbocycles. The molecule has 0 bridgehead atoms. The maximum absolute atomic E-state index is 9.99. The summed E-state index contributed by atoms with van der Waals surface area (Å²) in [5.74, 6) is 0. The second kappa shape index (κ2) is 7.29. The van der Waals surface area contributed by atoms with Crippen LogP contribution in [0.25, 0.3) is 10.4 Å². The fourth-order valence-electron chi connectivity index (χ4n) is 1.54. The van der Waals surface area contributed by atoms with Crippen LogP contribution in [0.15, 0.2) is 29.4 Å². The highest BCUT2D eigenvalue weighted by Gasteiger charge is 2.19. The number of aliphatic hydroxyl groups excluding tert-OH is 2. The average Bonchev–Trinajstić information content (AvgIpc) is 2.38. The Hall–Kier alpha value is -1.07. The average molecular weight is 300 g/mol. The molecule has 6 heteroatoms. The Morgan fingerprint density at radius 2 is 2.06 bits per heavy atom. The van der Waals surface area contributed by atoms with Crippen LogP contribution in [-0.4, -0.2) is 22.9 Å². The molecular weight excluding hydrogens is 286 g/mol. The third kappa shape index (κ3) is 4.02. The lowest BCUT2D eigenvalue weighted by atomic mass is 9.98. The summed E-state index contributed by atoms with van der Waals surface area (Å²) in [6, 6.07) is 7.34. The molecule has 5 nitrogen and oxygen atoms in total. The fraction of sp³-hybridized carbons (Fsp3) is 0.455. The Kier molecular flexibility index (Phi) is 6.00. The Bertz CT molecular complexity index is 407. The normalized spacial score (nSPS) is 13.8. The number of halogens is 1. The van der Waals surface area contributed by atoms with Gasteiger partial charge in [-0.2, -0.15) is 0 Å². The third-order valence-electron chi connectivity index (χ3n) is 2.47. The summed E-state index contributed by atoms with van der Waals surface area (Å²) in [7, 11) is 0. The standard InChI is InChI=1S/C11H14BrN3O2/c12-7-8-3-1-2-4-9(8)11(17)10(16)5-6-14-15-13/h1-4,10-11,16-17H,5-7H2. The highest BCUT2D eigenvalue weighted by Crippen LogP contribution is 2.24. The third-order valence-corrected chi connectivity index (χ3v) is 3.07. The van der Waals surface area contributed by atoms with E-state index in [1.807, 2.05) is 18.2 Å². The zero-order valence-corrected chi connectivity index (χ0v) is 10.8. The quantitative estimate of drug-likeness (QED) is 0.366. The van der Waals surface area contributed by atoms with Gasteiger partial charge in [0.2, 0.25) is 0 Å². The van der Waals surface area contributed by atoms with E-state index in [1.54, 1.807) is 6.07 Å². The molecule has 0 fully saturated rings. The van der Waals surface area contributed by atoms with Gasteiger partial charge >= 0.3 is 0 Å². The van der Waals surface area contributed by atoms with E-state index in [0.29, 0.717) is 10.9 Å². The molecule has 2 atom stereocenters. The lowest BCUT2D eigenvalue weighted by molar-refractivity contribution is 0.0146. The highest BCUT2D eigenvalue weighted by atomic mass is 79.9. The van der Waals surface area contributed by atoms with Gasteiger partial charge in [-0.05, 0) is 23.1 Å².